The second kappa shape index (κ2) is 7.43. The van der Waals surface area contributed by atoms with Gasteiger partial charge >= 0.3 is 0 Å². The van der Waals surface area contributed by atoms with Crippen LogP contribution in [0.3, 0.4) is 0 Å². The molecular formula is C19H24N4O. The van der Waals surface area contributed by atoms with E-state index in [0.29, 0.717) is 12.4 Å². The summed E-state index contributed by atoms with van der Waals surface area (Å²) in [5.74, 6) is 1.12. The lowest BCUT2D eigenvalue weighted by Crippen LogP contribution is -2.38. The van der Waals surface area contributed by atoms with Crippen LogP contribution in [0.2, 0.25) is 0 Å². The molecule has 1 aliphatic heterocycles. The Balaban J connectivity index is 1.72. The summed E-state index contributed by atoms with van der Waals surface area (Å²) < 4.78 is 0. The Morgan fingerprint density at radius 1 is 1.29 bits per heavy atom. The van der Waals surface area contributed by atoms with Crippen molar-refractivity contribution in [1.82, 2.24) is 14.9 Å². The van der Waals surface area contributed by atoms with E-state index in [1.807, 2.05) is 30.0 Å². The lowest BCUT2D eigenvalue weighted by molar-refractivity contribution is -0.132. The minimum atomic E-state index is 0.228. The molecular weight excluding hydrogens is 300 g/mol. The number of carbonyl (C=O) groups is 1. The van der Waals surface area contributed by atoms with Crippen LogP contribution in [-0.2, 0) is 4.79 Å². The van der Waals surface area contributed by atoms with Crippen LogP contribution in [0, 0.1) is 6.92 Å². The zero-order valence-electron chi connectivity index (χ0n) is 14.3. The minimum Gasteiger partial charge on any atom is -0.342 e. The van der Waals surface area contributed by atoms with Gasteiger partial charge in [-0.25, -0.2) is 9.97 Å². The number of carbonyl (C=O) groups excluding carboxylic acids is 1. The number of piperidine rings is 1. The third-order valence-corrected chi connectivity index (χ3v) is 4.48. The molecule has 1 unspecified atom stereocenters. The Bertz CT molecular complexity index is 699. The number of nitrogens with one attached hydrogen (secondary N) is 1. The summed E-state index contributed by atoms with van der Waals surface area (Å²) in [5, 5.41) is 3.25. The zero-order chi connectivity index (χ0) is 16.9. The molecule has 2 heterocycles. The smallest absolute Gasteiger partial charge is 0.227 e. The van der Waals surface area contributed by atoms with Crippen molar-refractivity contribution in [2.75, 3.05) is 18.4 Å². The van der Waals surface area contributed by atoms with Gasteiger partial charge in [0.05, 0.1) is 5.69 Å². The summed E-state index contributed by atoms with van der Waals surface area (Å²) in [4.78, 5) is 22.9. The van der Waals surface area contributed by atoms with Crippen LogP contribution in [0.4, 0.5) is 11.6 Å². The Morgan fingerprint density at radius 2 is 2.08 bits per heavy atom. The summed E-state index contributed by atoms with van der Waals surface area (Å²) in [5.41, 5.74) is 3.20. The van der Waals surface area contributed by atoms with Gasteiger partial charge in [0.1, 0.15) is 0 Å². The normalized spacial score (nSPS) is 17.6. The molecule has 0 saturated carbocycles. The van der Waals surface area contributed by atoms with E-state index in [1.54, 1.807) is 6.20 Å². The number of nitrogens with zero attached hydrogens (tertiary/aromatic N) is 3. The monoisotopic (exact) mass is 324 g/mol. The van der Waals surface area contributed by atoms with E-state index in [-0.39, 0.29) is 11.8 Å². The standard InChI is InChI=1S/C19H24N4O/c1-3-18(24)23-12-4-5-15(13-23)17-10-11-20-19(22-17)21-16-8-6-14(2)7-9-16/h6-11,15H,3-5,12-13H2,1-2H3,(H,20,21,22). The molecule has 3 rings (SSSR count). The highest BCUT2D eigenvalue weighted by atomic mass is 16.2. The highest BCUT2D eigenvalue weighted by molar-refractivity contribution is 5.76. The molecule has 1 aromatic heterocycles. The zero-order valence-corrected chi connectivity index (χ0v) is 14.3. The highest BCUT2D eigenvalue weighted by Crippen LogP contribution is 2.26. The fraction of sp³-hybridized carbons (Fsp3) is 0.421. The average molecular weight is 324 g/mol. The predicted octanol–water partition coefficient (Wildman–Crippen LogP) is 3.64. The van der Waals surface area contributed by atoms with Gasteiger partial charge in [0.2, 0.25) is 11.9 Å². The van der Waals surface area contributed by atoms with Crippen LogP contribution in [0.5, 0.6) is 0 Å². The quantitative estimate of drug-likeness (QED) is 0.933. The Kier molecular flexibility index (Phi) is 5.08. The third-order valence-electron chi connectivity index (χ3n) is 4.48. The van der Waals surface area contributed by atoms with E-state index in [4.69, 9.17) is 0 Å². The molecule has 0 bridgehead atoms. The third kappa shape index (κ3) is 3.91. The van der Waals surface area contributed by atoms with Gasteiger partial charge in [-0.2, -0.15) is 0 Å². The predicted molar refractivity (Wildman–Crippen MR) is 95.3 cm³/mol. The maximum Gasteiger partial charge on any atom is 0.227 e. The summed E-state index contributed by atoms with van der Waals surface area (Å²) in [7, 11) is 0. The Labute approximate surface area is 143 Å². The maximum absolute atomic E-state index is 12.0. The molecule has 2 aromatic rings. The molecule has 1 amide bonds. The minimum absolute atomic E-state index is 0.228. The molecule has 0 radical (unpaired) electrons. The van der Waals surface area contributed by atoms with Crippen molar-refractivity contribution < 1.29 is 4.79 Å². The van der Waals surface area contributed by atoms with Gasteiger partial charge in [-0.05, 0) is 38.0 Å². The molecule has 24 heavy (non-hydrogen) atoms. The average Bonchev–Trinajstić information content (AvgIpc) is 2.63. The first kappa shape index (κ1) is 16.4. The Morgan fingerprint density at radius 3 is 2.83 bits per heavy atom. The van der Waals surface area contributed by atoms with Gasteiger partial charge in [0, 0.05) is 37.3 Å². The van der Waals surface area contributed by atoms with Gasteiger partial charge in [-0.1, -0.05) is 24.6 Å². The molecule has 1 aliphatic rings. The van der Waals surface area contributed by atoms with Crippen molar-refractivity contribution in [3.63, 3.8) is 0 Å². The number of aromatic nitrogens is 2. The van der Waals surface area contributed by atoms with Crippen molar-refractivity contribution in [3.8, 4) is 0 Å². The number of hydrogen-bond donors (Lipinski definition) is 1. The number of anilines is 2. The molecule has 1 aromatic carbocycles. The lowest BCUT2D eigenvalue weighted by atomic mass is 9.94. The number of rotatable bonds is 4. The SMILES string of the molecule is CCC(=O)N1CCCC(c2ccnc(Nc3ccc(C)cc3)n2)C1. The maximum atomic E-state index is 12.0. The first-order valence-corrected chi connectivity index (χ1v) is 8.60. The van der Waals surface area contributed by atoms with Crippen molar-refractivity contribution in [2.45, 2.75) is 39.0 Å². The lowest BCUT2D eigenvalue weighted by Gasteiger charge is -2.32. The molecule has 1 fully saturated rings. The van der Waals surface area contributed by atoms with Crippen LogP contribution in [-0.4, -0.2) is 33.9 Å². The van der Waals surface area contributed by atoms with Crippen molar-refractivity contribution in [2.24, 2.45) is 0 Å². The summed E-state index contributed by atoms with van der Waals surface area (Å²) in [6.45, 7) is 5.60. The number of hydrogen-bond acceptors (Lipinski definition) is 4. The number of benzene rings is 1. The van der Waals surface area contributed by atoms with Crippen molar-refractivity contribution in [3.05, 3.63) is 47.8 Å². The van der Waals surface area contributed by atoms with Crippen LogP contribution in [0.15, 0.2) is 36.5 Å². The van der Waals surface area contributed by atoms with Gasteiger partial charge in [0.25, 0.3) is 0 Å². The largest absolute Gasteiger partial charge is 0.342 e. The van der Waals surface area contributed by atoms with E-state index in [2.05, 4.69) is 34.3 Å². The second-order valence-corrected chi connectivity index (χ2v) is 6.33. The summed E-state index contributed by atoms with van der Waals surface area (Å²) >= 11 is 0. The fourth-order valence-corrected chi connectivity index (χ4v) is 3.09. The molecule has 126 valence electrons. The summed E-state index contributed by atoms with van der Waals surface area (Å²) in [6, 6.07) is 10.1. The van der Waals surface area contributed by atoms with Gasteiger partial charge in [-0.15, -0.1) is 0 Å². The van der Waals surface area contributed by atoms with E-state index >= 15 is 0 Å². The molecule has 1 N–H and O–H groups in total. The highest BCUT2D eigenvalue weighted by Gasteiger charge is 2.25. The van der Waals surface area contributed by atoms with Crippen LogP contribution in [0.1, 0.15) is 43.4 Å². The second-order valence-electron chi connectivity index (χ2n) is 6.33. The van der Waals surface area contributed by atoms with Crippen LogP contribution < -0.4 is 5.32 Å². The first-order chi connectivity index (χ1) is 11.7. The first-order valence-electron chi connectivity index (χ1n) is 8.60. The van der Waals surface area contributed by atoms with E-state index < -0.39 is 0 Å². The number of likely N-dealkylation sites (tertiary alicyclic amines) is 1. The summed E-state index contributed by atoms with van der Waals surface area (Å²) in [6.07, 6.45) is 4.45. The molecule has 5 nitrogen and oxygen atoms in total. The molecule has 1 saturated heterocycles. The van der Waals surface area contributed by atoms with E-state index in [1.165, 1.54) is 5.56 Å². The van der Waals surface area contributed by atoms with Crippen LogP contribution in [0.25, 0.3) is 0 Å². The number of amides is 1. The Hall–Kier alpha value is -2.43. The molecule has 5 heteroatoms. The fourth-order valence-electron chi connectivity index (χ4n) is 3.09. The van der Waals surface area contributed by atoms with Gasteiger partial charge in [-0.3, -0.25) is 4.79 Å². The van der Waals surface area contributed by atoms with Crippen LogP contribution >= 0.6 is 0 Å². The van der Waals surface area contributed by atoms with E-state index in [0.717, 1.165) is 37.3 Å². The molecule has 0 spiro atoms. The van der Waals surface area contributed by atoms with Crippen molar-refractivity contribution >= 4 is 17.5 Å². The topological polar surface area (TPSA) is 58.1 Å². The molecule has 1 atom stereocenters. The van der Waals surface area contributed by atoms with Gasteiger partial charge < -0.3 is 10.2 Å². The van der Waals surface area contributed by atoms with E-state index in [9.17, 15) is 4.79 Å². The van der Waals surface area contributed by atoms with Gasteiger partial charge in [0.15, 0.2) is 0 Å². The van der Waals surface area contributed by atoms with Crippen molar-refractivity contribution in [1.29, 1.82) is 0 Å². The molecule has 0 aliphatic carbocycles. The number of aryl methyl sites for hydroxylation is 1.